The molecule has 3 heteroatoms. The van der Waals surface area contributed by atoms with Crippen molar-refractivity contribution in [3.05, 3.63) is 18.0 Å². The van der Waals surface area contributed by atoms with Crippen LogP contribution in [0.5, 0.6) is 0 Å². The Labute approximate surface area is 78.9 Å². The molecule has 2 atom stereocenters. The lowest BCUT2D eigenvalue weighted by atomic mass is 9.75. The van der Waals surface area contributed by atoms with E-state index in [2.05, 4.69) is 12.0 Å². The zero-order valence-electron chi connectivity index (χ0n) is 8.11. The Kier molecular flexibility index (Phi) is 2.36. The van der Waals surface area contributed by atoms with Crippen LogP contribution in [-0.2, 0) is 13.1 Å². The quantitative estimate of drug-likeness (QED) is 0.762. The normalized spacial score (nSPS) is 27.2. The minimum atomic E-state index is 0.549. The summed E-state index contributed by atoms with van der Waals surface area (Å²) in [6.45, 7) is 3.94. The van der Waals surface area contributed by atoms with Gasteiger partial charge in [0.05, 0.1) is 5.69 Å². The van der Waals surface area contributed by atoms with Gasteiger partial charge in [-0.2, -0.15) is 5.10 Å². The maximum atomic E-state index is 5.49. The van der Waals surface area contributed by atoms with Crippen LogP contribution in [0.2, 0.25) is 0 Å². The van der Waals surface area contributed by atoms with Crippen LogP contribution in [0, 0.1) is 11.8 Å². The summed E-state index contributed by atoms with van der Waals surface area (Å²) >= 11 is 0. The summed E-state index contributed by atoms with van der Waals surface area (Å²) in [6.07, 6.45) is 4.78. The molecule has 1 aliphatic rings. The first kappa shape index (κ1) is 8.75. The third-order valence-electron chi connectivity index (χ3n) is 3.12. The van der Waals surface area contributed by atoms with Gasteiger partial charge in [0.15, 0.2) is 0 Å². The second-order valence-corrected chi connectivity index (χ2v) is 4.05. The molecule has 1 fully saturated rings. The van der Waals surface area contributed by atoms with E-state index in [0.29, 0.717) is 6.54 Å². The van der Waals surface area contributed by atoms with Crippen LogP contribution in [0.25, 0.3) is 0 Å². The van der Waals surface area contributed by atoms with Gasteiger partial charge in [0.1, 0.15) is 0 Å². The molecule has 0 aliphatic heterocycles. The van der Waals surface area contributed by atoms with Gasteiger partial charge in [0.2, 0.25) is 0 Å². The topological polar surface area (TPSA) is 43.8 Å². The smallest absolute Gasteiger partial charge is 0.0760 e. The van der Waals surface area contributed by atoms with E-state index in [9.17, 15) is 0 Å². The molecule has 0 unspecified atom stereocenters. The highest BCUT2D eigenvalue weighted by molar-refractivity contribution is 4.98. The molecule has 3 nitrogen and oxygen atoms in total. The molecular formula is C10H17N3. The lowest BCUT2D eigenvalue weighted by Crippen LogP contribution is -2.27. The van der Waals surface area contributed by atoms with Gasteiger partial charge in [-0.05, 0) is 24.3 Å². The number of nitrogens with zero attached hydrogens (tertiary/aromatic N) is 2. The van der Waals surface area contributed by atoms with E-state index in [1.165, 1.54) is 12.8 Å². The summed E-state index contributed by atoms with van der Waals surface area (Å²) in [4.78, 5) is 0. The highest BCUT2D eigenvalue weighted by atomic mass is 15.3. The monoisotopic (exact) mass is 179 g/mol. The molecule has 13 heavy (non-hydrogen) atoms. The third-order valence-corrected chi connectivity index (χ3v) is 3.12. The molecule has 0 amide bonds. The Bertz CT molecular complexity index is 279. The van der Waals surface area contributed by atoms with Crippen LogP contribution < -0.4 is 5.73 Å². The highest BCUT2D eigenvalue weighted by Gasteiger charge is 2.26. The van der Waals surface area contributed by atoms with Crippen LogP contribution in [-0.4, -0.2) is 9.78 Å². The second kappa shape index (κ2) is 3.50. The SMILES string of the molecule is C[C@H]1CC[C@@H]1Cn1ccc(CN)n1. The van der Waals surface area contributed by atoms with Crippen molar-refractivity contribution in [1.82, 2.24) is 9.78 Å². The summed E-state index contributed by atoms with van der Waals surface area (Å²) in [5.74, 6) is 1.72. The van der Waals surface area contributed by atoms with Gasteiger partial charge in [0.25, 0.3) is 0 Å². The Morgan fingerprint density at radius 3 is 2.92 bits per heavy atom. The van der Waals surface area contributed by atoms with Gasteiger partial charge < -0.3 is 5.73 Å². The van der Waals surface area contributed by atoms with Crippen molar-refractivity contribution < 1.29 is 0 Å². The van der Waals surface area contributed by atoms with E-state index >= 15 is 0 Å². The van der Waals surface area contributed by atoms with E-state index in [1.807, 2.05) is 16.9 Å². The van der Waals surface area contributed by atoms with E-state index in [4.69, 9.17) is 5.73 Å². The second-order valence-electron chi connectivity index (χ2n) is 4.05. The predicted octanol–water partition coefficient (Wildman–Crippen LogP) is 1.39. The fourth-order valence-corrected chi connectivity index (χ4v) is 1.86. The van der Waals surface area contributed by atoms with Crippen LogP contribution in [0.3, 0.4) is 0 Å². The highest BCUT2D eigenvalue weighted by Crippen LogP contribution is 2.34. The predicted molar refractivity (Wildman–Crippen MR) is 52.0 cm³/mol. The zero-order chi connectivity index (χ0) is 9.26. The van der Waals surface area contributed by atoms with Crippen molar-refractivity contribution in [2.45, 2.75) is 32.9 Å². The van der Waals surface area contributed by atoms with Gasteiger partial charge in [-0.15, -0.1) is 0 Å². The Morgan fingerprint density at radius 1 is 1.62 bits per heavy atom. The first-order valence-corrected chi connectivity index (χ1v) is 5.02. The first-order valence-electron chi connectivity index (χ1n) is 5.02. The van der Waals surface area contributed by atoms with Crippen molar-refractivity contribution >= 4 is 0 Å². The summed E-state index contributed by atoms with van der Waals surface area (Å²) < 4.78 is 2.03. The maximum Gasteiger partial charge on any atom is 0.0760 e. The van der Waals surface area contributed by atoms with Gasteiger partial charge in [-0.1, -0.05) is 13.3 Å². The average molecular weight is 179 g/mol. The minimum Gasteiger partial charge on any atom is -0.325 e. The number of hydrogen-bond acceptors (Lipinski definition) is 2. The van der Waals surface area contributed by atoms with Crippen LogP contribution in [0.1, 0.15) is 25.5 Å². The number of aromatic nitrogens is 2. The molecule has 1 heterocycles. The molecule has 0 saturated heterocycles. The van der Waals surface area contributed by atoms with E-state index in [1.54, 1.807) is 0 Å². The summed E-state index contributed by atoms with van der Waals surface area (Å²) in [5, 5.41) is 4.38. The van der Waals surface area contributed by atoms with Crippen molar-refractivity contribution in [1.29, 1.82) is 0 Å². The minimum absolute atomic E-state index is 0.549. The van der Waals surface area contributed by atoms with Gasteiger partial charge in [-0.25, -0.2) is 0 Å². The fourth-order valence-electron chi connectivity index (χ4n) is 1.86. The Morgan fingerprint density at radius 2 is 2.46 bits per heavy atom. The van der Waals surface area contributed by atoms with Gasteiger partial charge in [-0.3, -0.25) is 4.68 Å². The van der Waals surface area contributed by atoms with Crippen molar-refractivity contribution in [2.24, 2.45) is 17.6 Å². The Hall–Kier alpha value is -0.830. The fraction of sp³-hybridized carbons (Fsp3) is 0.700. The molecule has 0 spiro atoms. The molecule has 0 radical (unpaired) electrons. The molecule has 1 aromatic rings. The molecule has 1 aromatic heterocycles. The molecular weight excluding hydrogens is 162 g/mol. The molecule has 1 aliphatic carbocycles. The standard InChI is InChI=1S/C10H17N3/c1-8-2-3-9(8)7-13-5-4-10(6-11)12-13/h4-5,8-9H,2-3,6-7,11H2,1H3/t8-,9+/m0/s1. The zero-order valence-corrected chi connectivity index (χ0v) is 8.11. The summed E-state index contributed by atoms with van der Waals surface area (Å²) in [7, 11) is 0. The van der Waals surface area contributed by atoms with Gasteiger partial charge >= 0.3 is 0 Å². The molecule has 2 rings (SSSR count). The van der Waals surface area contributed by atoms with Crippen LogP contribution in [0.15, 0.2) is 12.3 Å². The molecule has 0 aromatic carbocycles. The van der Waals surface area contributed by atoms with Gasteiger partial charge in [0, 0.05) is 19.3 Å². The van der Waals surface area contributed by atoms with Crippen LogP contribution in [0.4, 0.5) is 0 Å². The molecule has 2 N–H and O–H groups in total. The number of hydrogen-bond donors (Lipinski definition) is 1. The van der Waals surface area contributed by atoms with E-state index in [0.717, 1.165) is 24.1 Å². The number of rotatable bonds is 3. The lowest BCUT2D eigenvalue weighted by molar-refractivity contribution is 0.165. The first-order chi connectivity index (χ1) is 6.29. The Balaban J connectivity index is 1.93. The number of nitrogens with two attached hydrogens (primary N) is 1. The largest absolute Gasteiger partial charge is 0.325 e. The van der Waals surface area contributed by atoms with E-state index in [-0.39, 0.29) is 0 Å². The molecule has 0 bridgehead atoms. The van der Waals surface area contributed by atoms with Crippen LogP contribution >= 0.6 is 0 Å². The van der Waals surface area contributed by atoms with Crippen molar-refractivity contribution in [3.8, 4) is 0 Å². The summed E-state index contributed by atoms with van der Waals surface area (Å²) in [6, 6.07) is 2.00. The molecule has 1 saturated carbocycles. The van der Waals surface area contributed by atoms with E-state index < -0.39 is 0 Å². The average Bonchev–Trinajstić information content (AvgIpc) is 2.59. The summed E-state index contributed by atoms with van der Waals surface area (Å²) in [5.41, 5.74) is 6.48. The maximum absolute atomic E-state index is 5.49. The third kappa shape index (κ3) is 1.75. The van der Waals surface area contributed by atoms with Crippen molar-refractivity contribution in [2.75, 3.05) is 0 Å². The van der Waals surface area contributed by atoms with Crippen molar-refractivity contribution in [3.63, 3.8) is 0 Å². The molecule has 72 valence electrons. The lowest BCUT2D eigenvalue weighted by Gasteiger charge is -2.33.